The van der Waals surface area contributed by atoms with Crippen LogP contribution in [-0.4, -0.2) is 24.7 Å². The largest absolute Gasteiger partial charge is 0.495 e. The van der Waals surface area contributed by atoms with Crippen molar-refractivity contribution in [3.05, 3.63) is 30.1 Å². The van der Waals surface area contributed by atoms with Crippen LogP contribution in [0.25, 0.3) is 5.57 Å². The van der Waals surface area contributed by atoms with Crippen LogP contribution in [0.4, 0.5) is 0 Å². The Balaban J connectivity index is 1.88. The fourth-order valence-corrected chi connectivity index (χ4v) is 2.48. The summed E-state index contributed by atoms with van der Waals surface area (Å²) >= 11 is 0. The molecule has 1 aromatic heterocycles. The van der Waals surface area contributed by atoms with E-state index in [0.29, 0.717) is 6.04 Å². The van der Waals surface area contributed by atoms with E-state index < -0.39 is 0 Å². The van der Waals surface area contributed by atoms with Crippen molar-refractivity contribution in [1.82, 2.24) is 10.3 Å². The molecule has 2 atom stereocenters. The van der Waals surface area contributed by atoms with Crippen LogP contribution in [0.2, 0.25) is 0 Å². The van der Waals surface area contributed by atoms with Crippen LogP contribution in [-0.2, 0) is 0 Å². The number of rotatable bonds is 2. The van der Waals surface area contributed by atoms with Crippen molar-refractivity contribution in [3.8, 4) is 5.75 Å². The van der Waals surface area contributed by atoms with Gasteiger partial charge >= 0.3 is 0 Å². The molecular weight excluding hydrogens is 200 g/mol. The second kappa shape index (κ2) is 3.91. The smallest absolute Gasteiger partial charge is 0.137 e. The number of fused-ring (bicyclic) bond motifs is 1. The number of allylic oxidation sites excluding steroid dienone is 1. The van der Waals surface area contributed by atoms with Crippen molar-refractivity contribution < 1.29 is 4.74 Å². The molecule has 84 valence electrons. The molecule has 1 saturated heterocycles. The van der Waals surface area contributed by atoms with E-state index in [1.165, 1.54) is 24.1 Å². The molecule has 0 aromatic carbocycles. The molecule has 1 aromatic rings. The van der Waals surface area contributed by atoms with Gasteiger partial charge in [-0.3, -0.25) is 4.98 Å². The maximum Gasteiger partial charge on any atom is 0.137 e. The second-order valence-corrected chi connectivity index (χ2v) is 4.54. The number of methoxy groups -OCH3 is 1. The van der Waals surface area contributed by atoms with Crippen LogP contribution < -0.4 is 10.1 Å². The Hall–Kier alpha value is -1.35. The molecule has 0 radical (unpaired) electrons. The Morgan fingerprint density at radius 3 is 3.06 bits per heavy atom. The zero-order valence-electron chi connectivity index (χ0n) is 9.44. The number of pyridine rings is 1. The summed E-state index contributed by atoms with van der Waals surface area (Å²) in [5.74, 6) is 1.70. The number of ether oxygens (including phenoxy) is 1. The Bertz CT molecular complexity index is 428. The molecule has 0 saturated carbocycles. The molecule has 1 fully saturated rings. The summed E-state index contributed by atoms with van der Waals surface area (Å²) in [6.07, 6.45) is 8.48. The first-order chi connectivity index (χ1) is 7.86. The highest BCUT2D eigenvalue weighted by atomic mass is 16.5. The average Bonchev–Trinajstić information content (AvgIpc) is 2.31. The third-order valence-corrected chi connectivity index (χ3v) is 3.61. The van der Waals surface area contributed by atoms with Gasteiger partial charge in [0.2, 0.25) is 0 Å². The maximum atomic E-state index is 5.20. The van der Waals surface area contributed by atoms with Crippen molar-refractivity contribution in [1.29, 1.82) is 0 Å². The molecule has 2 aliphatic rings. The molecule has 1 aliphatic heterocycles. The molecule has 2 unspecified atom stereocenters. The Morgan fingerprint density at radius 2 is 2.38 bits per heavy atom. The first-order valence-electron chi connectivity index (χ1n) is 5.80. The lowest BCUT2D eigenvalue weighted by Gasteiger charge is -2.40. The van der Waals surface area contributed by atoms with Crippen LogP contribution in [0.1, 0.15) is 18.4 Å². The Morgan fingerprint density at radius 1 is 1.44 bits per heavy atom. The third kappa shape index (κ3) is 1.61. The van der Waals surface area contributed by atoms with E-state index in [-0.39, 0.29) is 0 Å². The molecule has 3 nitrogen and oxygen atoms in total. The molecule has 16 heavy (non-hydrogen) atoms. The summed E-state index contributed by atoms with van der Waals surface area (Å²) in [6.45, 7) is 1.19. The summed E-state index contributed by atoms with van der Waals surface area (Å²) in [6, 6.07) is 2.66. The van der Waals surface area contributed by atoms with E-state index in [1.54, 1.807) is 13.3 Å². The number of nitrogens with zero attached hydrogens (tertiary/aromatic N) is 1. The van der Waals surface area contributed by atoms with Crippen molar-refractivity contribution in [2.24, 2.45) is 5.92 Å². The van der Waals surface area contributed by atoms with Crippen molar-refractivity contribution in [2.75, 3.05) is 13.7 Å². The van der Waals surface area contributed by atoms with E-state index in [9.17, 15) is 0 Å². The molecule has 1 aliphatic carbocycles. The zero-order chi connectivity index (χ0) is 11.0. The van der Waals surface area contributed by atoms with Gasteiger partial charge in [0.15, 0.2) is 0 Å². The number of nitrogens with one attached hydrogen (secondary N) is 1. The summed E-state index contributed by atoms with van der Waals surface area (Å²) in [5.41, 5.74) is 2.60. The zero-order valence-corrected chi connectivity index (χ0v) is 9.44. The minimum absolute atomic E-state index is 0.593. The lowest BCUT2D eigenvalue weighted by Crippen LogP contribution is -2.52. The predicted molar refractivity (Wildman–Crippen MR) is 63.3 cm³/mol. The molecule has 3 rings (SSSR count). The standard InChI is InChI=1S/C13H16N2O/c1-16-12-4-11(6-14-8-12)9-2-3-10-7-15-13(10)5-9/h4-6,8,10,13,15H,2-3,7H2,1H3. The van der Waals surface area contributed by atoms with Gasteiger partial charge in [0.05, 0.1) is 13.3 Å². The summed E-state index contributed by atoms with van der Waals surface area (Å²) in [5, 5.41) is 3.45. The summed E-state index contributed by atoms with van der Waals surface area (Å²) < 4.78 is 5.20. The number of hydrogen-bond donors (Lipinski definition) is 1. The molecule has 3 heteroatoms. The molecular formula is C13H16N2O. The minimum Gasteiger partial charge on any atom is -0.495 e. The Labute approximate surface area is 95.5 Å². The fourth-order valence-electron chi connectivity index (χ4n) is 2.48. The first-order valence-corrected chi connectivity index (χ1v) is 5.80. The topological polar surface area (TPSA) is 34.1 Å². The molecule has 1 N–H and O–H groups in total. The summed E-state index contributed by atoms with van der Waals surface area (Å²) in [4.78, 5) is 4.21. The van der Waals surface area contributed by atoms with Crippen molar-refractivity contribution >= 4 is 5.57 Å². The predicted octanol–water partition coefficient (Wildman–Crippen LogP) is 1.86. The number of hydrogen-bond acceptors (Lipinski definition) is 3. The lowest BCUT2D eigenvalue weighted by molar-refractivity contribution is 0.256. The van der Waals surface area contributed by atoms with Crippen LogP contribution in [0.5, 0.6) is 5.75 Å². The van der Waals surface area contributed by atoms with Crippen LogP contribution in [0, 0.1) is 5.92 Å². The minimum atomic E-state index is 0.593. The van der Waals surface area contributed by atoms with Crippen molar-refractivity contribution in [3.63, 3.8) is 0 Å². The Kier molecular flexibility index (Phi) is 2.40. The van der Waals surface area contributed by atoms with Gasteiger partial charge in [-0.1, -0.05) is 6.08 Å². The van der Waals surface area contributed by atoms with Gasteiger partial charge in [-0.2, -0.15) is 0 Å². The average molecular weight is 216 g/mol. The van der Waals surface area contributed by atoms with Gasteiger partial charge in [-0.05, 0) is 36.0 Å². The van der Waals surface area contributed by atoms with E-state index in [0.717, 1.165) is 18.1 Å². The SMILES string of the molecule is COc1cncc(C2=CC3NCC3CC2)c1. The molecule has 0 amide bonds. The van der Waals surface area contributed by atoms with Gasteiger partial charge in [-0.15, -0.1) is 0 Å². The highest BCUT2D eigenvalue weighted by Crippen LogP contribution is 2.34. The quantitative estimate of drug-likeness (QED) is 0.819. The molecule has 2 heterocycles. The van der Waals surface area contributed by atoms with E-state index in [2.05, 4.69) is 22.4 Å². The van der Waals surface area contributed by atoms with E-state index in [4.69, 9.17) is 4.74 Å². The molecule has 0 bridgehead atoms. The monoisotopic (exact) mass is 216 g/mol. The number of aromatic nitrogens is 1. The van der Waals surface area contributed by atoms with Gasteiger partial charge < -0.3 is 10.1 Å². The summed E-state index contributed by atoms with van der Waals surface area (Å²) in [7, 11) is 1.68. The molecule has 0 spiro atoms. The van der Waals surface area contributed by atoms with E-state index >= 15 is 0 Å². The van der Waals surface area contributed by atoms with E-state index in [1.807, 2.05) is 6.20 Å². The van der Waals surface area contributed by atoms with Crippen LogP contribution in [0.15, 0.2) is 24.5 Å². The second-order valence-electron chi connectivity index (χ2n) is 4.54. The highest BCUT2D eigenvalue weighted by molar-refractivity contribution is 5.67. The third-order valence-electron chi connectivity index (χ3n) is 3.61. The van der Waals surface area contributed by atoms with Crippen molar-refractivity contribution in [2.45, 2.75) is 18.9 Å². The first kappa shape index (κ1) is 9.85. The van der Waals surface area contributed by atoms with Crippen LogP contribution in [0.3, 0.4) is 0 Å². The van der Waals surface area contributed by atoms with Gasteiger partial charge in [-0.25, -0.2) is 0 Å². The van der Waals surface area contributed by atoms with Crippen LogP contribution >= 0.6 is 0 Å². The highest BCUT2D eigenvalue weighted by Gasteiger charge is 2.31. The maximum absolute atomic E-state index is 5.20. The van der Waals surface area contributed by atoms with Gasteiger partial charge in [0.25, 0.3) is 0 Å². The normalized spacial score (nSPS) is 27.7. The van der Waals surface area contributed by atoms with Gasteiger partial charge in [0, 0.05) is 18.8 Å². The lowest BCUT2D eigenvalue weighted by atomic mass is 9.79. The van der Waals surface area contributed by atoms with Gasteiger partial charge in [0.1, 0.15) is 5.75 Å². The fraction of sp³-hybridized carbons (Fsp3) is 0.462.